The minimum Gasteiger partial charge on any atom is -0.478 e. The molecule has 0 unspecified atom stereocenters. The van der Waals surface area contributed by atoms with Gasteiger partial charge >= 0.3 is 5.97 Å². The number of aromatic nitrogens is 2. The number of benzene rings is 3. The third kappa shape index (κ3) is 3.81. The third-order valence-corrected chi connectivity index (χ3v) is 5.68. The van der Waals surface area contributed by atoms with Crippen LogP contribution in [0.15, 0.2) is 77.3 Å². The maximum atomic E-state index is 12.3. The quantitative estimate of drug-likeness (QED) is 0.338. The fourth-order valence-corrected chi connectivity index (χ4v) is 3.66. The van der Waals surface area contributed by atoms with Crippen LogP contribution in [0.2, 0.25) is 10.0 Å². The molecule has 0 spiro atoms. The van der Waals surface area contributed by atoms with Crippen molar-refractivity contribution in [2.24, 2.45) is 0 Å². The van der Waals surface area contributed by atoms with Gasteiger partial charge in [-0.3, -0.25) is 0 Å². The van der Waals surface area contributed by atoms with Gasteiger partial charge in [0, 0.05) is 15.6 Å². The van der Waals surface area contributed by atoms with Crippen LogP contribution in [0.3, 0.4) is 0 Å². The molecule has 3 aromatic carbocycles. The predicted octanol–water partition coefficient (Wildman–Crippen LogP) is 6.97. The monoisotopic (exact) mass is 486 g/mol. The fourth-order valence-electron chi connectivity index (χ4n) is 3.10. The summed E-state index contributed by atoms with van der Waals surface area (Å²) in [6, 6.07) is 21.8. The number of nitrogens with zero attached hydrogens (tertiary/aromatic N) is 2. The molecule has 1 heterocycles. The zero-order valence-corrected chi connectivity index (χ0v) is 17.9. The van der Waals surface area contributed by atoms with Crippen LogP contribution in [0.1, 0.15) is 10.4 Å². The number of carboxylic acid groups (broad SMARTS) is 1. The van der Waals surface area contributed by atoms with Gasteiger partial charge in [0.15, 0.2) is 0 Å². The average Bonchev–Trinajstić information content (AvgIpc) is 3.12. The van der Waals surface area contributed by atoms with Crippen molar-refractivity contribution in [3.63, 3.8) is 0 Å². The molecule has 4 rings (SSSR count). The molecule has 0 bridgehead atoms. The minimum absolute atomic E-state index is 0.0949. The molecule has 0 saturated heterocycles. The largest absolute Gasteiger partial charge is 0.478 e. The van der Waals surface area contributed by atoms with Gasteiger partial charge in [-0.05, 0) is 36.4 Å². The van der Waals surface area contributed by atoms with Gasteiger partial charge in [-0.25, -0.2) is 9.48 Å². The molecule has 0 aliphatic rings. The van der Waals surface area contributed by atoms with Crippen molar-refractivity contribution < 1.29 is 9.90 Å². The van der Waals surface area contributed by atoms with Crippen molar-refractivity contribution in [2.45, 2.75) is 0 Å². The number of carbonyl (C=O) groups is 1. The maximum Gasteiger partial charge on any atom is 0.340 e. The lowest BCUT2D eigenvalue weighted by Gasteiger charge is -2.09. The Morgan fingerprint density at radius 2 is 1.59 bits per heavy atom. The number of hydrogen-bond acceptors (Lipinski definition) is 2. The van der Waals surface area contributed by atoms with E-state index >= 15 is 0 Å². The molecule has 0 aliphatic heterocycles. The van der Waals surface area contributed by atoms with Gasteiger partial charge in [-0.1, -0.05) is 75.5 Å². The standard InChI is InChI=1S/C22H13BrCl2N2O2/c23-15-7-9-16(10-8-15)27-21(13-4-2-1-3-5-13)19(22(28)29)20(26-27)14-6-11-17(24)18(25)12-14/h1-12H,(H,28,29). The SMILES string of the molecule is O=C(O)c1c(-c2ccc(Cl)c(Cl)c2)nn(-c2ccc(Br)cc2)c1-c1ccccc1. The van der Waals surface area contributed by atoms with Crippen LogP contribution >= 0.6 is 39.1 Å². The van der Waals surface area contributed by atoms with E-state index in [1.54, 1.807) is 22.9 Å². The summed E-state index contributed by atoms with van der Waals surface area (Å²) < 4.78 is 2.56. The Labute approximate surface area is 185 Å². The van der Waals surface area contributed by atoms with Crippen LogP contribution in [-0.2, 0) is 0 Å². The highest BCUT2D eigenvalue weighted by atomic mass is 79.9. The van der Waals surface area contributed by atoms with Crippen molar-refractivity contribution >= 4 is 45.1 Å². The van der Waals surface area contributed by atoms with Crippen LogP contribution < -0.4 is 0 Å². The van der Waals surface area contributed by atoms with Gasteiger partial charge in [0.25, 0.3) is 0 Å². The van der Waals surface area contributed by atoms with Crippen LogP contribution in [-0.4, -0.2) is 20.9 Å². The number of hydrogen-bond donors (Lipinski definition) is 1. The van der Waals surface area contributed by atoms with Crippen molar-refractivity contribution in [1.29, 1.82) is 0 Å². The zero-order valence-electron chi connectivity index (χ0n) is 14.8. The lowest BCUT2D eigenvalue weighted by molar-refractivity contribution is 0.0698. The van der Waals surface area contributed by atoms with Crippen molar-refractivity contribution in [3.05, 3.63) is 92.9 Å². The van der Waals surface area contributed by atoms with Crippen molar-refractivity contribution in [3.8, 4) is 28.2 Å². The van der Waals surface area contributed by atoms with Gasteiger partial charge in [0.2, 0.25) is 0 Å². The van der Waals surface area contributed by atoms with Gasteiger partial charge in [0.1, 0.15) is 11.3 Å². The van der Waals surface area contributed by atoms with Gasteiger partial charge in [0.05, 0.1) is 21.4 Å². The molecule has 144 valence electrons. The smallest absolute Gasteiger partial charge is 0.340 e. The van der Waals surface area contributed by atoms with Crippen LogP contribution in [0.4, 0.5) is 0 Å². The summed E-state index contributed by atoms with van der Waals surface area (Å²) >= 11 is 15.6. The highest BCUT2D eigenvalue weighted by molar-refractivity contribution is 9.10. The zero-order chi connectivity index (χ0) is 20.5. The topological polar surface area (TPSA) is 55.1 Å². The van der Waals surface area contributed by atoms with E-state index in [1.165, 1.54) is 0 Å². The molecule has 0 atom stereocenters. The number of aromatic carboxylic acids is 1. The lowest BCUT2D eigenvalue weighted by Crippen LogP contribution is -2.03. The second-order valence-electron chi connectivity index (χ2n) is 6.26. The van der Waals surface area contributed by atoms with Crippen molar-refractivity contribution in [1.82, 2.24) is 9.78 Å². The molecule has 0 amide bonds. The number of halogens is 3. The summed E-state index contributed by atoms with van der Waals surface area (Å²) in [6.45, 7) is 0. The van der Waals surface area contributed by atoms with E-state index in [9.17, 15) is 9.90 Å². The average molecular weight is 488 g/mol. The van der Waals surface area contributed by atoms with Crippen LogP contribution in [0, 0.1) is 0 Å². The molecular formula is C22H13BrCl2N2O2. The summed E-state index contributed by atoms with van der Waals surface area (Å²) in [5, 5.41) is 15.5. The predicted molar refractivity (Wildman–Crippen MR) is 119 cm³/mol. The second kappa shape index (κ2) is 8.03. The Balaban J connectivity index is 2.05. The molecule has 0 saturated carbocycles. The van der Waals surface area contributed by atoms with Gasteiger partial charge in [-0.2, -0.15) is 5.10 Å². The highest BCUT2D eigenvalue weighted by Crippen LogP contribution is 2.36. The number of carboxylic acids is 1. The van der Waals surface area contributed by atoms with Crippen molar-refractivity contribution in [2.75, 3.05) is 0 Å². The van der Waals surface area contributed by atoms with E-state index in [-0.39, 0.29) is 5.56 Å². The molecule has 0 fully saturated rings. The van der Waals surface area contributed by atoms with Crippen LogP contribution in [0.5, 0.6) is 0 Å². The maximum absolute atomic E-state index is 12.3. The summed E-state index contributed by atoms with van der Waals surface area (Å²) in [4.78, 5) is 12.3. The van der Waals surface area contributed by atoms with E-state index in [1.807, 2.05) is 54.6 Å². The molecule has 0 aliphatic carbocycles. The molecule has 7 heteroatoms. The Morgan fingerprint density at radius 3 is 2.21 bits per heavy atom. The minimum atomic E-state index is -1.08. The molecule has 1 N–H and O–H groups in total. The molecule has 4 aromatic rings. The first kappa shape index (κ1) is 19.7. The fraction of sp³-hybridized carbons (Fsp3) is 0. The van der Waals surface area contributed by atoms with Gasteiger partial charge in [-0.15, -0.1) is 0 Å². The Bertz CT molecular complexity index is 1210. The summed E-state index contributed by atoms with van der Waals surface area (Å²) in [5.41, 5.74) is 2.95. The molecule has 4 nitrogen and oxygen atoms in total. The van der Waals surface area contributed by atoms with E-state index < -0.39 is 5.97 Å². The number of rotatable bonds is 4. The van der Waals surface area contributed by atoms with E-state index in [0.29, 0.717) is 27.0 Å². The Kier molecular flexibility index (Phi) is 5.46. The van der Waals surface area contributed by atoms with E-state index in [0.717, 1.165) is 15.7 Å². The third-order valence-electron chi connectivity index (χ3n) is 4.41. The Hall–Kier alpha value is -2.60. The summed E-state index contributed by atoms with van der Waals surface area (Å²) in [7, 11) is 0. The lowest BCUT2D eigenvalue weighted by atomic mass is 10.0. The molecule has 29 heavy (non-hydrogen) atoms. The first-order valence-electron chi connectivity index (χ1n) is 8.59. The van der Waals surface area contributed by atoms with Gasteiger partial charge < -0.3 is 5.11 Å². The first-order chi connectivity index (χ1) is 14.0. The Morgan fingerprint density at radius 1 is 0.897 bits per heavy atom. The highest BCUT2D eigenvalue weighted by Gasteiger charge is 2.26. The van der Waals surface area contributed by atoms with E-state index in [4.69, 9.17) is 23.2 Å². The van der Waals surface area contributed by atoms with Crippen LogP contribution in [0.25, 0.3) is 28.2 Å². The molecular weight excluding hydrogens is 475 g/mol. The summed E-state index contributed by atoms with van der Waals surface area (Å²) in [5.74, 6) is -1.08. The second-order valence-corrected chi connectivity index (χ2v) is 7.99. The summed E-state index contributed by atoms with van der Waals surface area (Å²) in [6.07, 6.45) is 0. The molecule has 1 aromatic heterocycles. The molecule has 0 radical (unpaired) electrons. The van der Waals surface area contributed by atoms with E-state index in [2.05, 4.69) is 21.0 Å². The normalized spacial score (nSPS) is 10.9. The first-order valence-corrected chi connectivity index (χ1v) is 10.1.